The van der Waals surface area contributed by atoms with E-state index in [2.05, 4.69) is 16.0 Å². The third-order valence-electron chi connectivity index (χ3n) is 3.74. The Morgan fingerprint density at radius 2 is 1.92 bits per heavy atom. The van der Waals surface area contributed by atoms with Crippen LogP contribution >= 0.6 is 11.8 Å². The van der Waals surface area contributed by atoms with Gasteiger partial charge in [0.1, 0.15) is 23.2 Å². The van der Waals surface area contributed by atoms with Crippen LogP contribution in [0.2, 0.25) is 0 Å². The predicted octanol–water partition coefficient (Wildman–Crippen LogP) is 3.54. The van der Waals surface area contributed by atoms with E-state index in [0.717, 1.165) is 27.3 Å². The maximum Gasteiger partial charge on any atom is 0.127 e. The van der Waals surface area contributed by atoms with E-state index in [1.165, 1.54) is 11.8 Å². The topological polar surface area (TPSA) is 79.0 Å². The molecule has 0 aliphatic heterocycles. The molecule has 26 heavy (non-hydrogen) atoms. The van der Waals surface area contributed by atoms with Crippen molar-refractivity contribution >= 4 is 22.7 Å². The lowest BCUT2D eigenvalue weighted by Gasteiger charge is -2.13. The minimum Gasteiger partial charge on any atom is -0.491 e. The Kier molecular flexibility index (Phi) is 6.05. The molecule has 0 amide bonds. The van der Waals surface area contributed by atoms with Crippen molar-refractivity contribution in [3.8, 4) is 11.8 Å². The fourth-order valence-corrected chi connectivity index (χ4v) is 3.45. The van der Waals surface area contributed by atoms with E-state index in [1.807, 2.05) is 55.5 Å². The number of hydrogen-bond donors (Lipinski definition) is 1. The van der Waals surface area contributed by atoms with Gasteiger partial charge in [-0.1, -0.05) is 30.3 Å². The number of fused-ring (bicyclic) bond motifs is 1. The molecule has 1 heterocycles. The molecule has 1 atom stereocenters. The van der Waals surface area contributed by atoms with Crippen LogP contribution in [0.5, 0.6) is 5.75 Å². The summed E-state index contributed by atoms with van der Waals surface area (Å²) in [6.07, 6.45) is -0.237. The number of benzene rings is 2. The smallest absolute Gasteiger partial charge is 0.127 e. The second-order valence-electron chi connectivity index (χ2n) is 5.85. The SMILES string of the molecule is Cc1nc(SC[C@H](O)COc2ccc(CC#N)cc2)c2ccccc2n1. The number of thioether (sulfide) groups is 1. The highest BCUT2D eigenvalue weighted by Crippen LogP contribution is 2.25. The quantitative estimate of drug-likeness (QED) is 0.510. The Morgan fingerprint density at radius 3 is 2.69 bits per heavy atom. The van der Waals surface area contributed by atoms with Gasteiger partial charge in [-0.3, -0.25) is 0 Å². The van der Waals surface area contributed by atoms with Crippen LogP contribution in [0.3, 0.4) is 0 Å². The van der Waals surface area contributed by atoms with Gasteiger partial charge in [-0.15, -0.1) is 11.8 Å². The third-order valence-corrected chi connectivity index (χ3v) is 4.88. The van der Waals surface area contributed by atoms with Crippen molar-refractivity contribution in [3.63, 3.8) is 0 Å². The molecular formula is C20H19N3O2S. The van der Waals surface area contributed by atoms with Crippen molar-refractivity contribution < 1.29 is 9.84 Å². The first kappa shape index (κ1) is 18.2. The van der Waals surface area contributed by atoms with Gasteiger partial charge in [0.15, 0.2) is 0 Å². The van der Waals surface area contributed by atoms with E-state index in [9.17, 15) is 5.11 Å². The maximum atomic E-state index is 10.2. The fraction of sp³-hybridized carbons (Fsp3) is 0.250. The largest absolute Gasteiger partial charge is 0.491 e. The zero-order valence-corrected chi connectivity index (χ0v) is 15.2. The van der Waals surface area contributed by atoms with E-state index in [4.69, 9.17) is 10.00 Å². The summed E-state index contributed by atoms with van der Waals surface area (Å²) >= 11 is 1.50. The first-order valence-electron chi connectivity index (χ1n) is 8.28. The predicted molar refractivity (Wildman–Crippen MR) is 102 cm³/mol. The van der Waals surface area contributed by atoms with Crippen molar-refractivity contribution in [3.05, 3.63) is 59.9 Å². The number of nitriles is 1. The van der Waals surface area contributed by atoms with Gasteiger partial charge < -0.3 is 9.84 Å². The molecule has 0 radical (unpaired) electrons. The Morgan fingerprint density at radius 1 is 1.15 bits per heavy atom. The molecule has 0 unspecified atom stereocenters. The normalized spacial score (nSPS) is 11.9. The highest BCUT2D eigenvalue weighted by atomic mass is 32.2. The van der Waals surface area contributed by atoms with E-state index >= 15 is 0 Å². The van der Waals surface area contributed by atoms with Gasteiger partial charge in [0.2, 0.25) is 0 Å². The van der Waals surface area contributed by atoms with Crippen molar-refractivity contribution in [1.29, 1.82) is 5.26 Å². The molecule has 5 nitrogen and oxygen atoms in total. The summed E-state index contributed by atoms with van der Waals surface area (Å²) in [6, 6.07) is 17.3. The summed E-state index contributed by atoms with van der Waals surface area (Å²) < 4.78 is 5.62. The third kappa shape index (κ3) is 4.72. The standard InChI is InChI=1S/C20H19N3O2S/c1-14-22-19-5-3-2-4-18(19)20(23-14)26-13-16(24)12-25-17-8-6-15(7-9-17)10-11-21/h2-9,16,24H,10,12-13H2,1H3/t16-/m1/s1. The number of aromatic nitrogens is 2. The van der Waals surface area contributed by atoms with Crippen molar-refractivity contribution in [2.45, 2.75) is 24.5 Å². The maximum absolute atomic E-state index is 10.2. The minimum absolute atomic E-state index is 0.201. The lowest BCUT2D eigenvalue weighted by molar-refractivity contribution is 0.126. The number of ether oxygens (including phenoxy) is 1. The molecule has 0 aliphatic carbocycles. The van der Waals surface area contributed by atoms with E-state index in [1.54, 1.807) is 0 Å². The molecule has 0 aliphatic rings. The number of rotatable bonds is 7. The molecule has 1 N–H and O–H groups in total. The molecule has 0 bridgehead atoms. The molecule has 0 saturated carbocycles. The molecule has 3 rings (SSSR count). The number of hydrogen-bond acceptors (Lipinski definition) is 6. The number of para-hydroxylation sites is 1. The van der Waals surface area contributed by atoms with Crippen LogP contribution < -0.4 is 4.74 Å². The van der Waals surface area contributed by atoms with Crippen LogP contribution in [-0.2, 0) is 6.42 Å². The van der Waals surface area contributed by atoms with E-state index in [-0.39, 0.29) is 6.61 Å². The molecule has 0 fully saturated rings. The average molecular weight is 365 g/mol. The molecule has 132 valence electrons. The zero-order valence-electron chi connectivity index (χ0n) is 14.4. The minimum atomic E-state index is -0.618. The highest BCUT2D eigenvalue weighted by Gasteiger charge is 2.11. The van der Waals surface area contributed by atoms with Gasteiger partial charge in [-0.05, 0) is 30.7 Å². The summed E-state index contributed by atoms with van der Waals surface area (Å²) in [5.41, 5.74) is 1.85. The van der Waals surface area contributed by atoms with Gasteiger partial charge in [0.25, 0.3) is 0 Å². The summed E-state index contributed by atoms with van der Waals surface area (Å²) in [7, 11) is 0. The molecule has 0 saturated heterocycles. The van der Waals surface area contributed by atoms with Crippen molar-refractivity contribution in [2.24, 2.45) is 0 Å². The van der Waals surface area contributed by atoms with E-state index in [0.29, 0.717) is 17.9 Å². The second-order valence-corrected chi connectivity index (χ2v) is 6.86. The van der Waals surface area contributed by atoms with Crippen LogP contribution in [0.1, 0.15) is 11.4 Å². The molecule has 0 spiro atoms. The van der Waals surface area contributed by atoms with Gasteiger partial charge >= 0.3 is 0 Å². The van der Waals surface area contributed by atoms with Gasteiger partial charge in [-0.25, -0.2) is 9.97 Å². The zero-order chi connectivity index (χ0) is 18.4. The van der Waals surface area contributed by atoms with Gasteiger partial charge in [-0.2, -0.15) is 5.26 Å². The molecule has 2 aromatic carbocycles. The van der Waals surface area contributed by atoms with Crippen molar-refractivity contribution in [1.82, 2.24) is 9.97 Å². The monoisotopic (exact) mass is 365 g/mol. The summed E-state index contributed by atoms with van der Waals surface area (Å²) in [5, 5.41) is 20.8. The lowest BCUT2D eigenvalue weighted by Crippen LogP contribution is -2.20. The summed E-state index contributed by atoms with van der Waals surface area (Å²) in [6.45, 7) is 2.07. The molecule has 3 aromatic rings. The van der Waals surface area contributed by atoms with Crippen LogP contribution in [0, 0.1) is 18.3 Å². The Hall–Kier alpha value is -2.62. The van der Waals surface area contributed by atoms with E-state index < -0.39 is 6.10 Å². The number of aliphatic hydroxyl groups is 1. The first-order valence-corrected chi connectivity index (χ1v) is 9.27. The van der Waals surface area contributed by atoms with Gasteiger partial charge in [0.05, 0.1) is 24.1 Å². The molecule has 1 aromatic heterocycles. The number of aliphatic hydroxyl groups excluding tert-OH is 1. The highest BCUT2D eigenvalue weighted by molar-refractivity contribution is 7.99. The number of aryl methyl sites for hydroxylation is 1. The summed E-state index contributed by atoms with van der Waals surface area (Å²) in [4.78, 5) is 8.92. The van der Waals surface area contributed by atoms with Crippen molar-refractivity contribution in [2.75, 3.05) is 12.4 Å². The molecular weight excluding hydrogens is 346 g/mol. The summed E-state index contributed by atoms with van der Waals surface area (Å²) in [5.74, 6) is 1.88. The van der Waals surface area contributed by atoms with Crippen LogP contribution in [0.4, 0.5) is 0 Å². The van der Waals surface area contributed by atoms with Crippen LogP contribution in [-0.4, -0.2) is 33.5 Å². The van der Waals surface area contributed by atoms with Crippen LogP contribution in [0.25, 0.3) is 10.9 Å². The van der Waals surface area contributed by atoms with Gasteiger partial charge in [0, 0.05) is 11.1 Å². The second kappa shape index (κ2) is 8.65. The Labute approximate surface area is 156 Å². The average Bonchev–Trinajstić information content (AvgIpc) is 2.65. The Balaban J connectivity index is 1.56. The lowest BCUT2D eigenvalue weighted by atomic mass is 10.2. The fourth-order valence-electron chi connectivity index (χ4n) is 2.48. The van der Waals surface area contributed by atoms with Crippen LogP contribution in [0.15, 0.2) is 53.6 Å². The Bertz CT molecular complexity index is 922. The molecule has 6 heteroatoms. The first-order chi connectivity index (χ1) is 12.7. The number of nitrogens with zero attached hydrogens (tertiary/aromatic N) is 3.